The number of carbonyl (C=O) groups excluding carboxylic acids is 1. The number of hydrogen-bond donors (Lipinski definition) is 0. The van der Waals surface area contributed by atoms with Crippen LogP contribution in [-0.4, -0.2) is 49.7 Å². The third kappa shape index (κ3) is 6.26. The molecule has 2 aliphatic rings. The van der Waals surface area contributed by atoms with Gasteiger partial charge in [-0.25, -0.2) is 4.79 Å². The van der Waals surface area contributed by atoms with Gasteiger partial charge in [0, 0.05) is 5.56 Å². The van der Waals surface area contributed by atoms with Crippen molar-refractivity contribution in [3.05, 3.63) is 108 Å². The third-order valence-electron chi connectivity index (χ3n) is 6.49. The number of benzene rings is 3. The molecule has 0 amide bonds. The molecule has 6 atom stereocenters. The summed E-state index contributed by atoms with van der Waals surface area (Å²) in [5.41, 5.74) is 2.88. The van der Waals surface area contributed by atoms with E-state index in [0.29, 0.717) is 6.61 Å². The topological polar surface area (TPSA) is 72.5 Å². The van der Waals surface area contributed by atoms with Crippen LogP contribution in [0.3, 0.4) is 0 Å². The largest absolute Gasteiger partial charge is 0.464 e. The predicted octanol–water partition coefficient (Wildman–Crippen LogP) is 4.60. The van der Waals surface area contributed by atoms with Gasteiger partial charge in [0.05, 0.1) is 26.4 Å². The fourth-order valence-electron chi connectivity index (χ4n) is 4.68. The second-order valence-electron chi connectivity index (χ2n) is 9.05. The van der Waals surface area contributed by atoms with Crippen LogP contribution in [0.15, 0.2) is 91.0 Å². The summed E-state index contributed by atoms with van der Waals surface area (Å²) in [5.74, 6) is -0.488. The first-order valence-electron chi connectivity index (χ1n) is 12.7. The molecule has 5 rings (SSSR count). The minimum absolute atomic E-state index is 0.233. The van der Waals surface area contributed by atoms with E-state index in [1.807, 2.05) is 91.0 Å². The molecule has 0 radical (unpaired) electrons. The highest BCUT2D eigenvalue weighted by atomic mass is 16.7. The van der Waals surface area contributed by atoms with Crippen LogP contribution in [0.5, 0.6) is 0 Å². The highest BCUT2D eigenvalue weighted by molar-refractivity contribution is 5.76. The quantitative estimate of drug-likeness (QED) is 0.394. The Morgan fingerprint density at radius 1 is 0.784 bits per heavy atom. The van der Waals surface area contributed by atoms with Crippen LogP contribution in [0.1, 0.15) is 29.9 Å². The maximum atomic E-state index is 13.0. The van der Waals surface area contributed by atoms with Crippen LogP contribution in [0.25, 0.3) is 0 Å². The van der Waals surface area contributed by atoms with Crippen LogP contribution in [0.4, 0.5) is 0 Å². The van der Waals surface area contributed by atoms with Crippen LogP contribution in [0.2, 0.25) is 0 Å². The zero-order valence-electron chi connectivity index (χ0n) is 20.8. The molecule has 7 heteroatoms. The molecular weight excluding hydrogens is 472 g/mol. The SMILES string of the molecule is CCOC(=O)C1O[C@@H]2COC(c3ccccc3)OC2C(OCc2ccccc2)C1OCc1ccccc1. The monoisotopic (exact) mass is 504 g/mol. The molecule has 37 heavy (non-hydrogen) atoms. The van der Waals surface area contributed by atoms with Gasteiger partial charge in [0.25, 0.3) is 0 Å². The minimum atomic E-state index is -0.980. The molecular formula is C30H32O7. The molecule has 3 aromatic carbocycles. The van der Waals surface area contributed by atoms with Crippen LogP contribution in [0, 0.1) is 0 Å². The first kappa shape index (κ1) is 25.6. The van der Waals surface area contributed by atoms with Gasteiger partial charge in [0.2, 0.25) is 0 Å². The molecule has 5 unspecified atom stereocenters. The van der Waals surface area contributed by atoms with Crippen molar-refractivity contribution in [2.75, 3.05) is 13.2 Å². The van der Waals surface area contributed by atoms with Crippen molar-refractivity contribution < 1.29 is 33.2 Å². The Morgan fingerprint density at radius 2 is 1.35 bits per heavy atom. The van der Waals surface area contributed by atoms with E-state index in [4.69, 9.17) is 28.4 Å². The van der Waals surface area contributed by atoms with Gasteiger partial charge in [-0.3, -0.25) is 0 Å². The van der Waals surface area contributed by atoms with Crippen molar-refractivity contribution in [3.8, 4) is 0 Å². The molecule has 3 aromatic rings. The van der Waals surface area contributed by atoms with Crippen molar-refractivity contribution in [1.29, 1.82) is 0 Å². The molecule has 2 saturated heterocycles. The van der Waals surface area contributed by atoms with Gasteiger partial charge in [-0.05, 0) is 18.1 Å². The summed E-state index contributed by atoms with van der Waals surface area (Å²) >= 11 is 0. The third-order valence-corrected chi connectivity index (χ3v) is 6.49. The van der Waals surface area contributed by atoms with Crippen LogP contribution < -0.4 is 0 Å². The Kier molecular flexibility index (Phi) is 8.61. The number of esters is 1. The summed E-state index contributed by atoms with van der Waals surface area (Å²) in [5, 5.41) is 0. The lowest BCUT2D eigenvalue weighted by atomic mass is 9.93. The highest BCUT2D eigenvalue weighted by Gasteiger charge is 2.53. The van der Waals surface area contributed by atoms with E-state index in [1.165, 1.54) is 0 Å². The number of hydrogen-bond acceptors (Lipinski definition) is 7. The van der Waals surface area contributed by atoms with E-state index >= 15 is 0 Å². The van der Waals surface area contributed by atoms with Gasteiger partial charge in [-0.15, -0.1) is 0 Å². The van der Waals surface area contributed by atoms with E-state index in [2.05, 4.69) is 0 Å². The first-order chi connectivity index (χ1) is 18.2. The lowest BCUT2D eigenvalue weighted by Crippen LogP contribution is -2.64. The molecule has 194 valence electrons. The number of rotatable bonds is 9. The molecule has 0 saturated carbocycles. The van der Waals surface area contributed by atoms with Crippen LogP contribution >= 0.6 is 0 Å². The summed E-state index contributed by atoms with van der Waals surface area (Å²) in [6.45, 7) is 2.86. The fraction of sp³-hybridized carbons (Fsp3) is 0.367. The molecule has 2 fully saturated rings. The van der Waals surface area contributed by atoms with E-state index in [-0.39, 0.29) is 19.8 Å². The van der Waals surface area contributed by atoms with Gasteiger partial charge in [0.15, 0.2) is 12.4 Å². The lowest BCUT2D eigenvalue weighted by molar-refractivity contribution is -0.337. The van der Waals surface area contributed by atoms with Crippen LogP contribution in [-0.2, 0) is 46.4 Å². The molecule has 7 nitrogen and oxygen atoms in total. The summed E-state index contributed by atoms with van der Waals surface area (Å²) in [4.78, 5) is 13.0. The van der Waals surface area contributed by atoms with Gasteiger partial charge >= 0.3 is 5.97 Å². The summed E-state index contributed by atoms with van der Waals surface area (Å²) in [6.07, 6.45) is -3.96. The van der Waals surface area contributed by atoms with Crippen molar-refractivity contribution in [2.24, 2.45) is 0 Å². The Labute approximate surface area is 217 Å². The minimum Gasteiger partial charge on any atom is -0.464 e. The van der Waals surface area contributed by atoms with Gasteiger partial charge in [-0.1, -0.05) is 91.0 Å². The molecule has 0 spiro atoms. The van der Waals surface area contributed by atoms with E-state index in [1.54, 1.807) is 6.92 Å². The average Bonchev–Trinajstić information content (AvgIpc) is 2.96. The Morgan fingerprint density at radius 3 is 1.95 bits per heavy atom. The molecule has 0 N–H and O–H groups in total. The maximum Gasteiger partial charge on any atom is 0.338 e. The first-order valence-corrected chi connectivity index (χ1v) is 12.7. The van der Waals surface area contributed by atoms with Gasteiger partial charge < -0.3 is 28.4 Å². The average molecular weight is 505 g/mol. The van der Waals surface area contributed by atoms with Crippen molar-refractivity contribution >= 4 is 5.97 Å². The Hall–Kier alpha value is -3.07. The standard InChI is InChI=1S/C30H32O7/c1-2-32-29(31)28-27(34-19-22-14-8-4-9-15-22)26(33-18-21-12-6-3-7-13-21)25-24(36-28)20-35-30(37-25)23-16-10-5-11-17-23/h3-17,24-28,30H,2,18-20H2,1H3/t24-,25?,26?,27?,28?,30?/m1/s1. The normalized spacial score (nSPS) is 27.3. The number of ether oxygens (including phenoxy) is 6. The molecule has 0 aromatic heterocycles. The summed E-state index contributed by atoms with van der Waals surface area (Å²) in [6, 6.07) is 29.4. The van der Waals surface area contributed by atoms with Crippen molar-refractivity contribution in [3.63, 3.8) is 0 Å². The second kappa shape index (κ2) is 12.4. The lowest BCUT2D eigenvalue weighted by Gasteiger charge is -2.48. The highest BCUT2D eigenvalue weighted by Crippen LogP contribution is 2.37. The number of carbonyl (C=O) groups is 1. The predicted molar refractivity (Wildman–Crippen MR) is 135 cm³/mol. The smallest absolute Gasteiger partial charge is 0.338 e. The maximum absolute atomic E-state index is 13.0. The molecule has 0 bridgehead atoms. The Bertz CT molecular complexity index is 1110. The molecule has 2 aliphatic heterocycles. The van der Waals surface area contributed by atoms with Gasteiger partial charge in [0.1, 0.15) is 24.4 Å². The second-order valence-corrected chi connectivity index (χ2v) is 9.05. The summed E-state index contributed by atoms with van der Waals surface area (Å²) in [7, 11) is 0. The van der Waals surface area contributed by atoms with Gasteiger partial charge in [-0.2, -0.15) is 0 Å². The Balaban J connectivity index is 1.43. The fourth-order valence-corrected chi connectivity index (χ4v) is 4.68. The van der Waals surface area contributed by atoms with Crippen molar-refractivity contribution in [1.82, 2.24) is 0 Å². The van der Waals surface area contributed by atoms with Crippen molar-refractivity contribution in [2.45, 2.75) is 56.9 Å². The molecule has 0 aliphatic carbocycles. The molecule has 2 heterocycles. The van der Waals surface area contributed by atoms with E-state index in [0.717, 1.165) is 16.7 Å². The van der Waals surface area contributed by atoms with E-state index < -0.39 is 42.8 Å². The number of fused-ring (bicyclic) bond motifs is 1. The zero-order chi connectivity index (χ0) is 25.5. The zero-order valence-corrected chi connectivity index (χ0v) is 20.8. The van der Waals surface area contributed by atoms with E-state index in [9.17, 15) is 4.79 Å². The summed E-state index contributed by atoms with van der Waals surface area (Å²) < 4.78 is 36.9.